The third-order valence-electron chi connectivity index (χ3n) is 7.84. The first-order valence-corrected chi connectivity index (χ1v) is 13.5. The minimum Gasteiger partial charge on any atom is -0.506 e. The summed E-state index contributed by atoms with van der Waals surface area (Å²) in [5, 5.41) is 73.6. The van der Waals surface area contributed by atoms with Gasteiger partial charge < -0.3 is 63.8 Å². The van der Waals surface area contributed by atoms with Gasteiger partial charge in [0.25, 0.3) is 0 Å². The molecule has 10 atom stereocenters. The van der Waals surface area contributed by atoms with Crippen LogP contribution >= 0.6 is 0 Å². The van der Waals surface area contributed by atoms with Crippen molar-refractivity contribution >= 4 is 11.0 Å². The molecule has 0 radical (unpaired) electrons. The smallest absolute Gasteiger partial charge is 0.197 e. The molecule has 0 saturated carbocycles. The summed E-state index contributed by atoms with van der Waals surface area (Å²) < 4.78 is 33.8. The SMILES string of the molecule is COc1ccc(-c2cc(=O)c3c(O)c([C@@H]4O[C@H](CO)[C@@H](O)[C@H](O)[C@H]4O[C@H]4O[C@H](C)[C@@H](O)[C@H](O)[C@@H]4O)c(OC)cc3o2)cc1. The molecule has 2 fully saturated rings. The van der Waals surface area contributed by atoms with Crippen LogP contribution in [0.15, 0.2) is 45.6 Å². The lowest BCUT2D eigenvalue weighted by atomic mass is 9.89. The van der Waals surface area contributed by atoms with Crippen molar-refractivity contribution in [3.63, 3.8) is 0 Å². The topological polar surface area (TPSA) is 218 Å². The minimum atomic E-state index is -1.79. The maximum atomic E-state index is 13.3. The van der Waals surface area contributed by atoms with Crippen LogP contribution in [0.5, 0.6) is 17.2 Å². The summed E-state index contributed by atoms with van der Waals surface area (Å²) in [4.78, 5) is 13.3. The van der Waals surface area contributed by atoms with E-state index in [4.69, 9.17) is 28.1 Å². The molecule has 2 aliphatic rings. The zero-order valence-electron chi connectivity index (χ0n) is 23.4. The van der Waals surface area contributed by atoms with Crippen molar-refractivity contribution in [3.05, 3.63) is 52.2 Å². The summed E-state index contributed by atoms with van der Waals surface area (Å²) in [6.45, 7) is 0.686. The quantitative estimate of drug-likeness (QED) is 0.181. The monoisotopic (exact) mass is 606 g/mol. The molecule has 2 aromatic carbocycles. The van der Waals surface area contributed by atoms with Crippen LogP contribution in [0.25, 0.3) is 22.3 Å². The number of aromatic hydroxyl groups is 1. The highest BCUT2D eigenvalue weighted by molar-refractivity contribution is 5.88. The first-order valence-electron chi connectivity index (χ1n) is 13.5. The lowest BCUT2D eigenvalue weighted by Gasteiger charge is -2.46. The Labute approximate surface area is 244 Å². The first kappa shape index (κ1) is 31.1. The van der Waals surface area contributed by atoms with E-state index >= 15 is 0 Å². The van der Waals surface area contributed by atoms with Crippen LogP contribution in [0.3, 0.4) is 0 Å². The molecule has 3 heterocycles. The van der Waals surface area contributed by atoms with Crippen LogP contribution in [0.1, 0.15) is 18.6 Å². The number of hydrogen-bond acceptors (Lipinski definition) is 14. The number of aliphatic hydroxyl groups excluding tert-OH is 6. The molecule has 5 rings (SSSR count). The number of methoxy groups -OCH3 is 2. The van der Waals surface area contributed by atoms with Crippen LogP contribution in [0.4, 0.5) is 0 Å². The average molecular weight is 607 g/mol. The van der Waals surface area contributed by atoms with E-state index in [1.54, 1.807) is 24.3 Å². The van der Waals surface area contributed by atoms with Crippen molar-refractivity contribution in [2.24, 2.45) is 0 Å². The maximum Gasteiger partial charge on any atom is 0.197 e. The number of phenols is 1. The third kappa shape index (κ3) is 5.57. The second kappa shape index (κ2) is 12.4. The van der Waals surface area contributed by atoms with Gasteiger partial charge in [0, 0.05) is 17.7 Å². The number of rotatable bonds is 7. The Hall–Kier alpha value is -3.31. The Morgan fingerprint density at radius 3 is 2.19 bits per heavy atom. The van der Waals surface area contributed by atoms with E-state index in [-0.39, 0.29) is 28.0 Å². The Morgan fingerprint density at radius 2 is 1.56 bits per heavy atom. The minimum absolute atomic E-state index is 0.0408. The van der Waals surface area contributed by atoms with Crippen LogP contribution in [-0.2, 0) is 14.2 Å². The van der Waals surface area contributed by atoms with E-state index in [0.29, 0.717) is 11.3 Å². The van der Waals surface area contributed by atoms with Crippen LogP contribution in [-0.4, -0.2) is 112 Å². The van der Waals surface area contributed by atoms with Crippen molar-refractivity contribution in [2.45, 2.75) is 68.1 Å². The van der Waals surface area contributed by atoms with E-state index < -0.39 is 79.0 Å². The molecule has 0 unspecified atom stereocenters. The Morgan fingerprint density at radius 1 is 0.860 bits per heavy atom. The number of hydrogen-bond donors (Lipinski definition) is 7. The normalized spacial score (nSPS) is 33.0. The Kier molecular flexibility index (Phi) is 8.94. The van der Waals surface area contributed by atoms with Crippen molar-refractivity contribution in [1.29, 1.82) is 0 Å². The zero-order chi connectivity index (χ0) is 31.2. The molecule has 0 spiro atoms. The van der Waals surface area contributed by atoms with Gasteiger partial charge in [-0.05, 0) is 31.2 Å². The molecule has 0 bridgehead atoms. The number of phenolic OH excluding ortho intramolecular Hbond substituents is 1. The summed E-state index contributed by atoms with van der Waals surface area (Å²) in [5.41, 5.74) is -0.298. The summed E-state index contributed by atoms with van der Waals surface area (Å²) in [6.07, 6.45) is -15.5. The van der Waals surface area contributed by atoms with Crippen molar-refractivity contribution in [2.75, 3.05) is 20.8 Å². The molecule has 7 N–H and O–H groups in total. The zero-order valence-corrected chi connectivity index (χ0v) is 23.4. The molecule has 3 aromatic rings. The molecule has 234 valence electrons. The largest absolute Gasteiger partial charge is 0.506 e. The van der Waals surface area contributed by atoms with Gasteiger partial charge in [0.2, 0.25) is 0 Å². The lowest BCUT2D eigenvalue weighted by Crippen LogP contribution is -2.61. The predicted octanol–water partition coefficient (Wildman–Crippen LogP) is -0.451. The number of benzene rings is 2. The van der Waals surface area contributed by atoms with Crippen molar-refractivity contribution in [1.82, 2.24) is 0 Å². The fraction of sp³-hybridized carbons (Fsp3) is 0.483. The van der Waals surface area contributed by atoms with Crippen LogP contribution < -0.4 is 14.9 Å². The van der Waals surface area contributed by atoms with Gasteiger partial charge in [0.05, 0.1) is 32.5 Å². The fourth-order valence-corrected chi connectivity index (χ4v) is 5.39. The average Bonchev–Trinajstić information content (AvgIpc) is 3.00. The summed E-state index contributed by atoms with van der Waals surface area (Å²) >= 11 is 0. The highest BCUT2D eigenvalue weighted by atomic mass is 16.7. The van der Waals surface area contributed by atoms with Gasteiger partial charge in [-0.1, -0.05) is 0 Å². The summed E-state index contributed by atoms with van der Waals surface area (Å²) in [7, 11) is 2.79. The van der Waals surface area contributed by atoms with Gasteiger partial charge >= 0.3 is 0 Å². The fourth-order valence-electron chi connectivity index (χ4n) is 5.39. The molecule has 0 amide bonds. The second-order valence-electron chi connectivity index (χ2n) is 10.5. The number of ether oxygens (including phenoxy) is 5. The van der Waals surface area contributed by atoms with Crippen molar-refractivity contribution in [3.8, 4) is 28.6 Å². The van der Waals surface area contributed by atoms with Gasteiger partial charge in [-0.2, -0.15) is 0 Å². The highest BCUT2D eigenvalue weighted by Crippen LogP contribution is 2.46. The molecular formula is C29H34O14. The van der Waals surface area contributed by atoms with Crippen LogP contribution in [0, 0.1) is 0 Å². The molecule has 2 aliphatic heterocycles. The molecular weight excluding hydrogens is 572 g/mol. The number of fused-ring (bicyclic) bond motifs is 1. The molecule has 1 aromatic heterocycles. The van der Waals surface area contributed by atoms with E-state index in [9.17, 15) is 40.5 Å². The van der Waals surface area contributed by atoms with Gasteiger partial charge in [-0.3, -0.25) is 4.79 Å². The molecule has 43 heavy (non-hydrogen) atoms. The maximum absolute atomic E-state index is 13.3. The number of aliphatic hydroxyl groups is 6. The third-order valence-corrected chi connectivity index (χ3v) is 7.84. The Bertz CT molecular complexity index is 1490. The highest BCUT2D eigenvalue weighted by Gasteiger charge is 2.51. The van der Waals surface area contributed by atoms with Crippen molar-refractivity contribution < 1.29 is 63.8 Å². The lowest BCUT2D eigenvalue weighted by molar-refractivity contribution is -0.338. The van der Waals surface area contributed by atoms with Gasteiger partial charge in [0.15, 0.2) is 11.7 Å². The molecule has 14 nitrogen and oxygen atoms in total. The molecule has 2 saturated heterocycles. The molecule has 0 aliphatic carbocycles. The van der Waals surface area contributed by atoms with Gasteiger partial charge in [0.1, 0.15) is 82.8 Å². The molecule has 14 heteroatoms. The van der Waals surface area contributed by atoms with E-state index in [2.05, 4.69) is 0 Å². The van der Waals surface area contributed by atoms with E-state index in [1.165, 1.54) is 33.3 Å². The second-order valence-corrected chi connectivity index (χ2v) is 10.5. The predicted molar refractivity (Wildman–Crippen MR) is 147 cm³/mol. The summed E-state index contributed by atoms with van der Waals surface area (Å²) in [5.74, 6) is 0.0894. The van der Waals surface area contributed by atoms with Gasteiger partial charge in [-0.15, -0.1) is 0 Å². The standard InChI is InChI=1S/C29H34O14/c1-11-21(32)24(35)26(37)29(40-11)43-28-25(36)22(33)18(10-30)42-27(28)20-16(39-3)9-17-19(23(20)34)14(31)8-15(41-17)12-4-6-13(38-2)7-5-12/h4-9,11,18,21-22,24-30,32-37H,10H2,1-3H3/t11-,18-,21-,22-,24+,25+,26+,27+,28-,29-/m1/s1. The Balaban J connectivity index is 1.60. The van der Waals surface area contributed by atoms with E-state index in [0.717, 1.165) is 0 Å². The van der Waals surface area contributed by atoms with Gasteiger partial charge in [-0.25, -0.2) is 0 Å². The van der Waals surface area contributed by atoms with Crippen LogP contribution in [0.2, 0.25) is 0 Å². The first-order chi connectivity index (χ1) is 20.5. The summed E-state index contributed by atoms with van der Waals surface area (Å²) in [6, 6.07) is 9.26. The van der Waals surface area contributed by atoms with E-state index in [1.807, 2.05) is 0 Å².